The van der Waals surface area contributed by atoms with E-state index in [1.54, 1.807) is 18.2 Å². The molecule has 2 aromatic rings. The van der Waals surface area contributed by atoms with Crippen LogP contribution in [0.25, 0.3) is 10.2 Å². The van der Waals surface area contributed by atoms with Gasteiger partial charge in [0.05, 0.1) is 4.70 Å². The lowest BCUT2D eigenvalue weighted by atomic mass is 9.80. The van der Waals surface area contributed by atoms with Gasteiger partial charge in [0.1, 0.15) is 5.52 Å². The van der Waals surface area contributed by atoms with Crippen LogP contribution in [0.2, 0.25) is 0 Å². The predicted molar refractivity (Wildman–Crippen MR) is 47.2 cm³/mol. The van der Waals surface area contributed by atoms with E-state index in [0.717, 1.165) is 16.2 Å². The maximum absolute atomic E-state index is 8.95. The first-order chi connectivity index (χ1) is 5.79. The van der Waals surface area contributed by atoms with Crippen LogP contribution in [-0.4, -0.2) is 26.8 Å². The van der Waals surface area contributed by atoms with Crippen LogP contribution >= 0.6 is 11.5 Å². The molecule has 2 rings (SSSR count). The van der Waals surface area contributed by atoms with Crippen molar-refractivity contribution >= 4 is 34.3 Å². The summed E-state index contributed by atoms with van der Waals surface area (Å²) >= 11 is 1.16. The quantitative estimate of drug-likeness (QED) is 0.573. The summed E-state index contributed by atoms with van der Waals surface area (Å²) in [5, 5.41) is 21.7. The summed E-state index contributed by atoms with van der Waals surface area (Å²) in [6.45, 7) is 0. The Hall–Kier alpha value is -0.975. The highest BCUT2D eigenvalue weighted by atomic mass is 32.1. The first-order valence-corrected chi connectivity index (χ1v) is 4.13. The van der Waals surface area contributed by atoms with Crippen molar-refractivity contribution in [1.29, 1.82) is 0 Å². The third-order valence-corrected chi connectivity index (χ3v) is 2.37. The van der Waals surface area contributed by atoms with Crippen molar-refractivity contribution in [3.05, 3.63) is 18.2 Å². The van der Waals surface area contributed by atoms with E-state index in [2.05, 4.69) is 9.59 Å². The van der Waals surface area contributed by atoms with Crippen molar-refractivity contribution in [2.24, 2.45) is 0 Å². The zero-order chi connectivity index (χ0) is 8.55. The number of rotatable bonds is 1. The molecule has 1 aromatic carbocycles. The van der Waals surface area contributed by atoms with E-state index in [4.69, 9.17) is 10.0 Å². The third kappa shape index (κ3) is 1.10. The second kappa shape index (κ2) is 2.82. The Labute approximate surface area is 72.8 Å². The fraction of sp³-hybridized carbons (Fsp3) is 0. The van der Waals surface area contributed by atoms with Gasteiger partial charge in [-0.05, 0) is 17.6 Å². The van der Waals surface area contributed by atoms with E-state index in [1.165, 1.54) is 0 Å². The Bertz CT molecular complexity index is 403. The Balaban J connectivity index is 2.73. The van der Waals surface area contributed by atoms with Gasteiger partial charge in [-0.15, -0.1) is 5.10 Å². The van der Waals surface area contributed by atoms with Crippen molar-refractivity contribution in [2.75, 3.05) is 0 Å². The molecule has 0 fully saturated rings. The summed E-state index contributed by atoms with van der Waals surface area (Å²) in [4.78, 5) is 0. The number of hydrogen-bond donors (Lipinski definition) is 2. The van der Waals surface area contributed by atoms with E-state index in [1.807, 2.05) is 0 Å². The highest BCUT2D eigenvalue weighted by Crippen LogP contribution is 2.11. The molecule has 0 unspecified atom stereocenters. The van der Waals surface area contributed by atoms with Crippen LogP contribution in [0.15, 0.2) is 18.2 Å². The Kier molecular flexibility index (Phi) is 1.80. The molecule has 0 aliphatic heterocycles. The number of benzene rings is 1. The van der Waals surface area contributed by atoms with Gasteiger partial charge in [0.15, 0.2) is 0 Å². The van der Waals surface area contributed by atoms with Gasteiger partial charge in [0.2, 0.25) is 0 Å². The number of fused-ring (bicyclic) bond motifs is 1. The largest absolute Gasteiger partial charge is 0.490 e. The summed E-state index contributed by atoms with van der Waals surface area (Å²) in [5.41, 5.74) is 1.16. The van der Waals surface area contributed by atoms with Crippen molar-refractivity contribution in [2.45, 2.75) is 0 Å². The van der Waals surface area contributed by atoms with E-state index >= 15 is 0 Å². The normalized spacial score (nSPS) is 10.5. The summed E-state index contributed by atoms with van der Waals surface area (Å²) < 4.78 is 4.44. The van der Waals surface area contributed by atoms with Gasteiger partial charge in [-0.1, -0.05) is 16.6 Å². The van der Waals surface area contributed by atoms with Crippen LogP contribution in [0.5, 0.6) is 0 Å². The fourth-order valence-electron chi connectivity index (χ4n) is 1.03. The lowest BCUT2D eigenvalue weighted by molar-refractivity contribution is 0.426. The van der Waals surface area contributed by atoms with Crippen molar-refractivity contribution < 1.29 is 10.0 Å². The lowest BCUT2D eigenvalue weighted by Crippen LogP contribution is -2.29. The standard InChI is InChI=1S/C6H5BN2O2S/c10-7(11)4-2-1-3-5-6(4)12-9-8-5/h1-3,10-11H. The minimum atomic E-state index is -1.45. The molecule has 12 heavy (non-hydrogen) atoms. The van der Waals surface area contributed by atoms with Crippen LogP contribution < -0.4 is 5.46 Å². The van der Waals surface area contributed by atoms with Gasteiger partial charge < -0.3 is 10.0 Å². The van der Waals surface area contributed by atoms with Gasteiger partial charge in [0.25, 0.3) is 0 Å². The number of aromatic nitrogens is 2. The van der Waals surface area contributed by atoms with Crippen LogP contribution in [-0.2, 0) is 0 Å². The van der Waals surface area contributed by atoms with Crippen LogP contribution in [0.4, 0.5) is 0 Å². The molecule has 0 radical (unpaired) electrons. The maximum atomic E-state index is 8.95. The minimum absolute atomic E-state index is 0.461. The minimum Gasteiger partial charge on any atom is -0.423 e. The van der Waals surface area contributed by atoms with Crippen molar-refractivity contribution in [1.82, 2.24) is 9.59 Å². The monoisotopic (exact) mass is 180 g/mol. The fourth-order valence-corrected chi connectivity index (χ4v) is 1.72. The van der Waals surface area contributed by atoms with E-state index in [9.17, 15) is 0 Å². The van der Waals surface area contributed by atoms with E-state index in [-0.39, 0.29) is 0 Å². The maximum Gasteiger partial charge on any atom is 0.490 e. The Morgan fingerprint density at radius 1 is 1.33 bits per heavy atom. The zero-order valence-corrected chi connectivity index (χ0v) is 6.82. The van der Waals surface area contributed by atoms with E-state index < -0.39 is 7.12 Å². The molecule has 0 bridgehead atoms. The Morgan fingerprint density at radius 2 is 2.17 bits per heavy atom. The van der Waals surface area contributed by atoms with Gasteiger partial charge in [-0.3, -0.25) is 0 Å². The average molecular weight is 180 g/mol. The smallest absolute Gasteiger partial charge is 0.423 e. The van der Waals surface area contributed by atoms with Gasteiger partial charge >= 0.3 is 7.12 Å². The summed E-state index contributed by atoms with van der Waals surface area (Å²) in [6.07, 6.45) is 0. The van der Waals surface area contributed by atoms with Crippen molar-refractivity contribution in [3.8, 4) is 0 Å². The molecule has 0 atom stereocenters. The first kappa shape index (κ1) is 7.66. The van der Waals surface area contributed by atoms with Crippen LogP contribution in [0.1, 0.15) is 0 Å². The molecule has 1 aromatic heterocycles. The molecule has 0 amide bonds. The summed E-state index contributed by atoms with van der Waals surface area (Å²) in [6, 6.07) is 5.15. The molecule has 60 valence electrons. The molecule has 0 aliphatic carbocycles. The second-order valence-corrected chi connectivity index (χ2v) is 3.10. The van der Waals surface area contributed by atoms with E-state index in [0.29, 0.717) is 11.0 Å². The molecule has 0 saturated heterocycles. The first-order valence-electron chi connectivity index (χ1n) is 3.36. The molecule has 4 nitrogen and oxygen atoms in total. The van der Waals surface area contributed by atoms with Crippen LogP contribution in [0.3, 0.4) is 0 Å². The molecule has 0 aliphatic rings. The highest BCUT2D eigenvalue weighted by Gasteiger charge is 2.15. The predicted octanol–water partition coefficient (Wildman–Crippen LogP) is -0.629. The molecule has 1 heterocycles. The lowest BCUT2D eigenvalue weighted by Gasteiger charge is -1.97. The zero-order valence-electron chi connectivity index (χ0n) is 6.01. The average Bonchev–Trinajstić information content (AvgIpc) is 2.49. The number of nitrogens with zero attached hydrogens (tertiary/aromatic N) is 2. The van der Waals surface area contributed by atoms with Gasteiger partial charge in [0, 0.05) is 5.46 Å². The van der Waals surface area contributed by atoms with Crippen LogP contribution in [0, 0.1) is 0 Å². The summed E-state index contributed by atoms with van der Waals surface area (Å²) in [5.74, 6) is 0. The molecular weight excluding hydrogens is 175 g/mol. The van der Waals surface area contributed by atoms with Crippen molar-refractivity contribution in [3.63, 3.8) is 0 Å². The van der Waals surface area contributed by atoms with Gasteiger partial charge in [-0.25, -0.2) is 0 Å². The number of hydrogen-bond acceptors (Lipinski definition) is 5. The molecule has 6 heteroatoms. The van der Waals surface area contributed by atoms with Gasteiger partial charge in [-0.2, -0.15) is 0 Å². The SMILES string of the molecule is OB(O)c1cccc2nnsc12. The second-order valence-electron chi connectivity index (χ2n) is 2.34. The molecule has 0 saturated carbocycles. The Morgan fingerprint density at radius 3 is 2.92 bits per heavy atom. The topological polar surface area (TPSA) is 66.2 Å². The molecular formula is C6H5BN2O2S. The molecule has 0 spiro atoms. The third-order valence-electron chi connectivity index (χ3n) is 1.58. The summed E-state index contributed by atoms with van der Waals surface area (Å²) in [7, 11) is -1.45. The highest BCUT2D eigenvalue weighted by molar-refractivity contribution is 7.14. The molecule has 2 N–H and O–H groups in total.